The number of amides is 2. The molecule has 2 amide bonds. The van der Waals surface area contributed by atoms with Crippen molar-refractivity contribution in [2.75, 3.05) is 26.4 Å². The first kappa shape index (κ1) is 23.8. The van der Waals surface area contributed by atoms with Crippen LogP contribution in [0.4, 0.5) is 4.79 Å². The third-order valence-electron chi connectivity index (χ3n) is 6.53. The monoisotopic (exact) mass is 466 g/mol. The molecule has 1 fully saturated rings. The van der Waals surface area contributed by atoms with E-state index in [9.17, 15) is 14.4 Å². The fraction of sp³-hybridized carbons (Fsp3) is 0.423. The van der Waals surface area contributed by atoms with Gasteiger partial charge in [0, 0.05) is 18.5 Å². The van der Waals surface area contributed by atoms with Gasteiger partial charge in [-0.1, -0.05) is 48.5 Å². The SMILES string of the molecule is O=C(COCCNC(=O)OCC1c2ccccc2-c2ccccc21)NC1CCC(C(=O)O)CC1. The maximum absolute atomic E-state index is 12.1. The van der Waals surface area contributed by atoms with Gasteiger partial charge in [-0.25, -0.2) is 4.79 Å². The van der Waals surface area contributed by atoms with Gasteiger partial charge >= 0.3 is 12.1 Å². The molecule has 2 aliphatic rings. The van der Waals surface area contributed by atoms with Crippen molar-refractivity contribution in [2.45, 2.75) is 37.6 Å². The summed E-state index contributed by atoms with van der Waals surface area (Å²) >= 11 is 0. The highest BCUT2D eigenvalue weighted by molar-refractivity contribution is 5.79. The Morgan fingerprint density at radius 2 is 1.53 bits per heavy atom. The van der Waals surface area contributed by atoms with Crippen molar-refractivity contribution in [3.8, 4) is 11.1 Å². The Kier molecular flexibility index (Phi) is 7.80. The second-order valence-corrected chi connectivity index (χ2v) is 8.76. The van der Waals surface area contributed by atoms with Crippen molar-refractivity contribution in [1.29, 1.82) is 0 Å². The van der Waals surface area contributed by atoms with Gasteiger partial charge in [0.25, 0.3) is 0 Å². The molecule has 8 heteroatoms. The van der Waals surface area contributed by atoms with Crippen molar-refractivity contribution in [3.05, 3.63) is 59.7 Å². The number of carbonyl (C=O) groups excluding carboxylic acids is 2. The topological polar surface area (TPSA) is 114 Å². The quantitative estimate of drug-likeness (QED) is 0.489. The number of carboxylic acids is 1. The lowest BCUT2D eigenvalue weighted by Crippen LogP contribution is -2.40. The van der Waals surface area contributed by atoms with Crippen LogP contribution in [0.1, 0.15) is 42.7 Å². The van der Waals surface area contributed by atoms with Gasteiger partial charge in [-0.2, -0.15) is 0 Å². The molecular formula is C26H30N2O6. The fourth-order valence-electron chi connectivity index (χ4n) is 4.79. The van der Waals surface area contributed by atoms with E-state index >= 15 is 0 Å². The van der Waals surface area contributed by atoms with Gasteiger partial charge in [-0.15, -0.1) is 0 Å². The van der Waals surface area contributed by atoms with Crippen LogP contribution < -0.4 is 10.6 Å². The van der Waals surface area contributed by atoms with Gasteiger partial charge in [-0.3, -0.25) is 9.59 Å². The number of carboxylic acid groups (broad SMARTS) is 1. The molecule has 0 saturated heterocycles. The van der Waals surface area contributed by atoms with Crippen molar-refractivity contribution in [3.63, 3.8) is 0 Å². The summed E-state index contributed by atoms with van der Waals surface area (Å²) in [5.74, 6) is -1.31. The zero-order valence-electron chi connectivity index (χ0n) is 19.0. The van der Waals surface area contributed by atoms with Crippen molar-refractivity contribution >= 4 is 18.0 Å². The average Bonchev–Trinajstić information content (AvgIpc) is 3.16. The van der Waals surface area contributed by atoms with Crippen LogP contribution in [0, 0.1) is 5.92 Å². The Balaban J connectivity index is 1.12. The predicted molar refractivity (Wildman–Crippen MR) is 125 cm³/mol. The molecule has 0 heterocycles. The van der Waals surface area contributed by atoms with Gasteiger partial charge < -0.3 is 25.2 Å². The number of benzene rings is 2. The normalized spacial score (nSPS) is 19.1. The standard InChI is InChI=1S/C26H30N2O6/c29-24(28-18-11-9-17(10-12-18)25(30)31)16-33-14-13-27-26(32)34-15-23-21-7-3-1-5-19(21)20-6-2-4-8-22(20)23/h1-8,17-18,23H,9-16H2,(H,27,32)(H,28,29)(H,30,31). The van der Waals surface area contributed by atoms with E-state index in [0.717, 1.165) is 11.1 Å². The van der Waals surface area contributed by atoms with E-state index < -0.39 is 12.1 Å². The number of ether oxygens (including phenoxy) is 2. The summed E-state index contributed by atoms with van der Waals surface area (Å²) in [6.45, 7) is 0.551. The minimum atomic E-state index is -0.767. The smallest absolute Gasteiger partial charge is 0.407 e. The van der Waals surface area contributed by atoms with Crippen LogP contribution in [0.5, 0.6) is 0 Å². The number of rotatable bonds is 9. The van der Waals surface area contributed by atoms with Gasteiger partial charge in [-0.05, 0) is 47.9 Å². The number of hydrogen-bond acceptors (Lipinski definition) is 5. The van der Waals surface area contributed by atoms with E-state index in [4.69, 9.17) is 14.6 Å². The number of carbonyl (C=O) groups is 3. The largest absolute Gasteiger partial charge is 0.481 e. The molecule has 3 N–H and O–H groups in total. The molecule has 34 heavy (non-hydrogen) atoms. The van der Waals surface area contributed by atoms with Gasteiger partial charge in [0.2, 0.25) is 5.91 Å². The van der Waals surface area contributed by atoms with Crippen LogP contribution in [-0.2, 0) is 19.1 Å². The summed E-state index contributed by atoms with van der Waals surface area (Å²) in [4.78, 5) is 35.2. The maximum atomic E-state index is 12.1. The zero-order valence-corrected chi connectivity index (χ0v) is 19.0. The number of fused-ring (bicyclic) bond motifs is 3. The first-order chi connectivity index (χ1) is 16.5. The number of hydrogen-bond donors (Lipinski definition) is 3. The fourth-order valence-corrected chi connectivity index (χ4v) is 4.79. The number of aliphatic carboxylic acids is 1. The highest BCUT2D eigenvalue weighted by Gasteiger charge is 2.29. The van der Waals surface area contributed by atoms with Crippen molar-refractivity contribution < 1.29 is 29.0 Å². The Bertz CT molecular complexity index is 986. The molecule has 180 valence electrons. The Hall–Kier alpha value is -3.39. The van der Waals surface area contributed by atoms with E-state index in [2.05, 4.69) is 34.9 Å². The highest BCUT2D eigenvalue weighted by atomic mass is 16.5. The molecule has 0 bridgehead atoms. The van der Waals surface area contributed by atoms with Crippen LogP contribution in [-0.4, -0.2) is 55.5 Å². The summed E-state index contributed by atoms with van der Waals surface area (Å²) < 4.78 is 10.8. The number of alkyl carbamates (subject to hydrolysis) is 1. The van der Waals surface area contributed by atoms with E-state index in [1.54, 1.807) is 0 Å². The summed E-state index contributed by atoms with van der Waals surface area (Å²) in [6.07, 6.45) is 1.94. The molecular weight excluding hydrogens is 436 g/mol. The minimum Gasteiger partial charge on any atom is -0.481 e. The van der Waals surface area contributed by atoms with E-state index in [1.807, 2.05) is 24.3 Å². The molecule has 4 rings (SSSR count). The van der Waals surface area contributed by atoms with E-state index in [0.29, 0.717) is 25.7 Å². The number of nitrogens with one attached hydrogen (secondary N) is 2. The maximum Gasteiger partial charge on any atom is 0.407 e. The van der Waals surface area contributed by atoms with Crippen LogP contribution >= 0.6 is 0 Å². The predicted octanol–water partition coefficient (Wildman–Crippen LogP) is 3.30. The summed E-state index contributed by atoms with van der Waals surface area (Å²) in [5.41, 5.74) is 4.66. The zero-order chi connectivity index (χ0) is 23.9. The third kappa shape index (κ3) is 5.75. The Labute approximate surface area is 198 Å². The molecule has 0 unspecified atom stereocenters. The molecule has 0 aromatic heterocycles. The third-order valence-corrected chi connectivity index (χ3v) is 6.53. The minimum absolute atomic E-state index is 0.00339. The first-order valence-electron chi connectivity index (χ1n) is 11.7. The van der Waals surface area contributed by atoms with Crippen LogP contribution in [0.25, 0.3) is 11.1 Å². The second-order valence-electron chi connectivity index (χ2n) is 8.76. The molecule has 0 spiro atoms. The Morgan fingerprint density at radius 3 is 2.15 bits per heavy atom. The second kappa shape index (κ2) is 11.2. The lowest BCUT2D eigenvalue weighted by molar-refractivity contribution is -0.142. The van der Waals surface area contributed by atoms with Gasteiger partial charge in [0.05, 0.1) is 12.5 Å². The lowest BCUT2D eigenvalue weighted by Gasteiger charge is -2.26. The van der Waals surface area contributed by atoms with E-state index in [1.165, 1.54) is 11.1 Å². The van der Waals surface area contributed by atoms with E-state index in [-0.39, 0.29) is 50.2 Å². The van der Waals surface area contributed by atoms with Crippen LogP contribution in [0.2, 0.25) is 0 Å². The van der Waals surface area contributed by atoms with Crippen LogP contribution in [0.3, 0.4) is 0 Å². The Morgan fingerprint density at radius 1 is 0.912 bits per heavy atom. The molecule has 2 aromatic rings. The molecule has 2 aliphatic carbocycles. The molecule has 1 saturated carbocycles. The highest BCUT2D eigenvalue weighted by Crippen LogP contribution is 2.44. The molecule has 0 atom stereocenters. The summed E-state index contributed by atoms with van der Waals surface area (Å²) in [7, 11) is 0. The summed E-state index contributed by atoms with van der Waals surface area (Å²) in [5, 5.41) is 14.6. The molecule has 8 nitrogen and oxygen atoms in total. The molecule has 2 aromatic carbocycles. The summed E-state index contributed by atoms with van der Waals surface area (Å²) in [6, 6.07) is 16.3. The van der Waals surface area contributed by atoms with Gasteiger partial charge in [0.1, 0.15) is 13.2 Å². The van der Waals surface area contributed by atoms with Crippen molar-refractivity contribution in [1.82, 2.24) is 10.6 Å². The van der Waals surface area contributed by atoms with Gasteiger partial charge in [0.15, 0.2) is 0 Å². The molecule has 0 radical (unpaired) electrons. The lowest BCUT2D eigenvalue weighted by atomic mass is 9.86. The molecule has 0 aliphatic heterocycles. The first-order valence-corrected chi connectivity index (χ1v) is 11.7. The average molecular weight is 467 g/mol. The van der Waals surface area contributed by atoms with Crippen molar-refractivity contribution in [2.24, 2.45) is 5.92 Å². The van der Waals surface area contributed by atoms with Crippen LogP contribution in [0.15, 0.2) is 48.5 Å².